The molecule has 2 N–H and O–H groups in total. The Labute approximate surface area is 144 Å². The molecule has 0 bridgehead atoms. The molecule has 0 amide bonds. The Hall–Kier alpha value is -1.83. The first-order valence-corrected chi connectivity index (χ1v) is 8.85. The van der Waals surface area contributed by atoms with Gasteiger partial charge in [0, 0.05) is 0 Å². The molecule has 0 aliphatic rings. The van der Waals surface area contributed by atoms with E-state index in [1.54, 1.807) is 0 Å². The van der Waals surface area contributed by atoms with E-state index in [9.17, 15) is 40.7 Å². The molecular weight excluding hydrogens is 385 g/mol. The van der Waals surface area contributed by atoms with E-state index >= 15 is 0 Å². The van der Waals surface area contributed by atoms with Gasteiger partial charge in [0.25, 0.3) is 0 Å². The van der Waals surface area contributed by atoms with Crippen molar-refractivity contribution in [3.63, 3.8) is 0 Å². The van der Waals surface area contributed by atoms with Gasteiger partial charge in [0.15, 0.2) is 0 Å². The van der Waals surface area contributed by atoms with E-state index in [2.05, 4.69) is 0 Å². The zero-order valence-electron chi connectivity index (χ0n) is 12.9. The second-order valence-electron chi connectivity index (χ2n) is 5.63. The zero-order chi connectivity index (χ0) is 19.8. The molecule has 0 radical (unpaired) electrons. The molecule has 0 aromatic heterocycles. The van der Waals surface area contributed by atoms with Gasteiger partial charge in [-0.1, -0.05) is 30.3 Å². The van der Waals surface area contributed by atoms with Crippen LogP contribution in [0.25, 0.3) is 0 Å². The van der Waals surface area contributed by atoms with Crippen molar-refractivity contribution in [1.29, 1.82) is 0 Å². The van der Waals surface area contributed by atoms with Crippen molar-refractivity contribution in [3.8, 4) is 0 Å². The Morgan fingerprint density at radius 3 is 1.85 bits per heavy atom. The molecule has 1 atom stereocenters. The maximum absolute atomic E-state index is 12.8. The molecule has 142 valence electrons. The molecule has 2 aromatic rings. The van der Waals surface area contributed by atoms with Crippen molar-refractivity contribution in [3.05, 3.63) is 70.8 Å². The van der Waals surface area contributed by atoms with Crippen LogP contribution in [0.4, 0.5) is 26.3 Å². The van der Waals surface area contributed by atoms with Gasteiger partial charge in [-0.15, -0.1) is 0 Å². The topological polar surface area (TPSA) is 57.5 Å². The molecule has 1 unspecified atom stereocenters. The molecule has 26 heavy (non-hydrogen) atoms. The second kappa shape index (κ2) is 7.06. The number of alkyl halides is 6. The minimum Gasteiger partial charge on any atom is -0.324 e. The van der Waals surface area contributed by atoms with Crippen LogP contribution < -0.4 is 0 Å². The summed E-state index contributed by atoms with van der Waals surface area (Å²) < 4.78 is 87.9. The first-order valence-electron chi connectivity index (χ1n) is 7.17. The zero-order valence-corrected chi connectivity index (χ0v) is 13.8. The highest BCUT2D eigenvalue weighted by Gasteiger charge is 2.35. The molecule has 0 saturated carbocycles. The minimum absolute atomic E-state index is 0.156. The molecule has 0 heterocycles. The monoisotopic (exact) mass is 398 g/mol. The van der Waals surface area contributed by atoms with Crippen LogP contribution in [-0.2, 0) is 23.3 Å². The third kappa shape index (κ3) is 5.09. The number of benzene rings is 2. The predicted octanol–water partition coefficient (Wildman–Crippen LogP) is 5.19. The molecule has 0 saturated heterocycles. The van der Waals surface area contributed by atoms with Crippen LogP contribution in [0, 0.1) is 0 Å². The quantitative estimate of drug-likeness (QED) is 0.551. The van der Waals surface area contributed by atoms with Crippen molar-refractivity contribution in [2.45, 2.75) is 24.4 Å². The van der Waals surface area contributed by atoms with Crippen molar-refractivity contribution in [2.24, 2.45) is 0 Å². The van der Waals surface area contributed by atoms with Crippen molar-refractivity contribution >= 4 is 7.60 Å². The molecule has 0 fully saturated rings. The van der Waals surface area contributed by atoms with E-state index in [4.69, 9.17) is 0 Å². The summed E-state index contributed by atoms with van der Waals surface area (Å²) >= 11 is 0. The Kier molecular flexibility index (Phi) is 5.56. The average molecular weight is 398 g/mol. The van der Waals surface area contributed by atoms with Crippen LogP contribution in [0.5, 0.6) is 0 Å². The van der Waals surface area contributed by atoms with Crippen LogP contribution in [0.1, 0.15) is 27.9 Å². The lowest BCUT2D eigenvalue weighted by Crippen LogP contribution is -2.09. The molecule has 0 aliphatic carbocycles. The molecule has 0 aliphatic heterocycles. The van der Waals surface area contributed by atoms with E-state index in [0.717, 1.165) is 42.5 Å². The smallest absolute Gasteiger partial charge is 0.324 e. The van der Waals surface area contributed by atoms with Crippen molar-refractivity contribution in [1.82, 2.24) is 0 Å². The minimum atomic E-state index is -4.87. The van der Waals surface area contributed by atoms with Crippen LogP contribution in [0.2, 0.25) is 0 Å². The van der Waals surface area contributed by atoms with E-state index in [1.807, 2.05) is 0 Å². The first kappa shape index (κ1) is 20.5. The number of hydrogen-bond donors (Lipinski definition) is 2. The number of rotatable bonds is 4. The highest BCUT2D eigenvalue weighted by Crippen LogP contribution is 2.53. The highest BCUT2D eigenvalue weighted by molar-refractivity contribution is 7.52. The van der Waals surface area contributed by atoms with Crippen LogP contribution in [0.3, 0.4) is 0 Å². The Morgan fingerprint density at radius 2 is 1.38 bits per heavy atom. The van der Waals surface area contributed by atoms with Crippen LogP contribution in [0.15, 0.2) is 48.5 Å². The first-order chi connectivity index (χ1) is 11.8. The SMILES string of the molecule is O=P(O)(O)C(Cc1ccc(C(F)(F)F)cc1)c1cccc(C(F)(F)F)c1. The van der Waals surface area contributed by atoms with Gasteiger partial charge in [-0.2, -0.15) is 26.3 Å². The lowest BCUT2D eigenvalue weighted by Gasteiger charge is -2.20. The summed E-state index contributed by atoms with van der Waals surface area (Å²) in [6, 6.07) is 7.14. The molecule has 2 rings (SSSR count). The van der Waals surface area contributed by atoms with Gasteiger partial charge < -0.3 is 9.79 Å². The largest absolute Gasteiger partial charge is 0.416 e. The molecule has 0 spiro atoms. The molecule has 3 nitrogen and oxygen atoms in total. The number of hydrogen-bond acceptors (Lipinski definition) is 1. The summed E-state index contributed by atoms with van der Waals surface area (Å²) in [6.07, 6.45) is -9.67. The van der Waals surface area contributed by atoms with E-state index in [0.29, 0.717) is 6.07 Å². The van der Waals surface area contributed by atoms with E-state index in [-0.39, 0.29) is 11.1 Å². The van der Waals surface area contributed by atoms with Crippen LogP contribution in [-0.4, -0.2) is 9.79 Å². The van der Waals surface area contributed by atoms with E-state index < -0.39 is 43.2 Å². The van der Waals surface area contributed by atoms with Gasteiger partial charge in [0.2, 0.25) is 0 Å². The molecule has 10 heteroatoms. The van der Waals surface area contributed by atoms with Crippen molar-refractivity contribution in [2.75, 3.05) is 0 Å². The maximum atomic E-state index is 12.8. The van der Waals surface area contributed by atoms with Gasteiger partial charge >= 0.3 is 19.9 Å². The normalized spacial score (nSPS) is 14.3. The summed E-state index contributed by atoms with van der Waals surface area (Å²) in [6.45, 7) is 0. The van der Waals surface area contributed by atoms with Gasteiger partial charge in [-0.05, 0) is 35.7 Å². The lowest BCUT2D eigenvalue weighted by atomic mass is 10.0. The summed E-state index contributed by atoms with van der Waals surface area (Å²) in [7, 11) is -4.87. The summed E-state index contributed by atoms with van der Waals surface area (Å²) in [4.78, 5) is 19.0. The van der Waals surface area contributed by atoms with Crippen molar-refractivity contribution < 1.29 is 40.7 Å². The predicted molar refractivity (Wildman–Crippen MR) is 81.4 cm³/mol. The summed E-state index contributed by atoms with van der Waals surface area (Å²) in [5, 5.41) is 0. The third-order valence-corrected chi connectivity index (χ3v) is 5.01. The Balaban J connectivity index is 2.37. The van der Waals surface area contributed by atoms with Crippen LogP contribution >= 0.6 is 7.60 Å². The standard InChI is InChI=1S/C16H13F6O3P/c17-15(18,19)12-6-4-10(5-7-12)8-14(26(23,24)25)11-2-1-3-13(9-11)16(20,21)22/h1-7,9,14H,8H2,(H2,23,24,25). The Morgan fingerprint density at radius 1 is 0.846 bits per heavy atom. The van der Waals surface area contributed by atoms with Gasteiger partial charge in [0.05, 0.1) is 16.8 Å². The summed E-state index contributed by atoms with van der Waals surface area (Å²) in [5.74, 6) is 0. The van der Waals surface area contributed by atoms with Gasteiger partial charge in [-0.3, -0.25) is 4.57 Å². The second-order valence-corrected chi connectivity index (χ2v) is 7.43. The highest BCUT2D eigenvalue weighted by atomic mass is 31.2. The lowest BCUT2D eigenvalue weighted by molar-refractivity contribution is -0.138. The molecular formula is C16H13F6O3P. The van der Waals surface area contributed by atoms with Gasteiger partial charge in [-0.25, -0.2) is 0 Å². The summed E-state index contributed by atoms with van der Waals surface area (Å²) in [5.41, 5.74) is -3.70. The number of halogens is 6. The van der Waals surface area contributed by atoms with Gasteiger partial charge in [0.1, 0.15) is 0 Å². The fourth-order valence-electron chi connectivity index (χ4n) is 2.41. The van der Waals surface area contributed by atoms with E-state index in [1.165, 1.54) is 0 Å². The molecule has 2 aromatic carbocycles. The fraction of sp³-hybridized carbons (Fsp3) is 0.250. The maximum Gasteiger partial charge on any atom is 0.416 e. The Bertz CT molecular complexity index is 808. The fourth-order valence-corrected chi connectivity index (χ4v) is 3.40. The average Bonchev–Trinajstić information content (AvgIpc) is 2.50. The third-order valence-electron chi connectivity index (χ3n) is 3.72.